The molecule has 2 aliphatic heterocycles. The predicted molar refractivity (Wildman–Crippen MR) is 134 cm³/mol. The lowest BCUT2D eigenvalue weighted by atomic mass is 9.99. The molecule has 2 aromatic carbocycles. The van der Waals surface area contributed by atoms with Crippen LogP contribution in [0.15, 0.2) is 58.3 Å². The third-order valence-electron chi connectivity index (χ3n) is 6.64. The van der Waals surface area contributed by atoms with Gasteiger partial charge in [0.2, 0.25) is 26.0 Å². The fraction of sp³-hybridized carbons (Fsp3) is 0.458. The normalized spacial score (nSPS) is 21.0. The highest BCUT2D eigenvalue weighted by Crippen LogP contribution is 2.26. The van der Waals surface area contributed by atoms with E-state index in [0.29, 0.717) is 51.3 Å². The smallest absolute Gasteiger partial charge is 0.243 e. The largest absolute Gasteiger partial charge is 0.326 e. The first kappa shape index (κ1) is 25.8. The zero-order valence-corrected chi connectivity index (χ0v) is 21.7. The van der Waals surface area contributed by atoms with Crippen molar-refractivity contribution in [3.8, 4) is 0 Å². The quantitative estimate of drug-likeness (QED) is 0.624. The van der Waals surface area contributed by atoms with Crippen molar-refractivity contribution in [1.82, 2.24) is 13.5 Å². The summed E-state index contributed by atoms with van der Waals surface area (Å²) in [4.78, 5) is 15.4. The number of hydrogen-bond acceptors (Lipinski definition) is 6. The molecule has 2 fully saturated rings. The number of hydrogen-bond donors (Lipinski definition) is 1. The Balaban J connectivity index is 1.40. The van der Waals surface area contributed by atoms with Crippen LogP contribution < -0.4 is 5.32 Å². The highest BCUT2D eigenvalue weighted by Gasteiger charge is 2.33. The van der Waals surface area contributed by atoms with Gasteiger partial charge in [0.05, 0.1) is 15.7 Å². The lowest BCUT2D eigenvalue weighted by Crippen LogP contribution is -2.47. The van der Waals surface area contributed by atoms with Gasteiger partial charge in [0, 0.05) is 45.0 Å². The van der Waals surface area contributed by atoms with Crippen molar-refractivity contribution in [2.24, 2.45) is 5.92 Å². The SMILES string of the molecule is Cc1ccc(S(=O)(=O)N2CCC[C@H](C(=O)Nc3ccc(S(=O)(=O)N4CCN(C)CC4)cc3)C2)cc1. The fourth-order valence-corrected chi connectivity index (χ4v) is 7.31. The number of benzene rings is 2. The molecule has 0 radical (unpaired) electrons. The molecular formula is C24H32N4O5S2. The summed E-state index contributed by atoms with van der Waals surface area (Å²) in [5.74, 6) is -0.763. The van der Waals surface area contributed by atoms with Gasteiger partial charge >= 0.3 is 0 Å². The first-order chi connectivity index (χ1) is 16.6. The Labute approximate surface area is 207 Å². The highest BCUT2D eigenvalue weighted by atomic mass is 32.2. The van der Waals surface area contributed by atoms with Gasteiger partial charge in [-0.3, -0.25) is 4.79 Å². The van der Waals surface area contributed by atoms with Gasteiger partial charge in [-0.2, -0.15) is 8.61 Å². The Morgan fingerprint density at radius 1 is 0.800 bits per heavy atom. The number of aryl methyl sites for hydroxylation is 1. The molecule has 2 saturated heterocycles. The number of sulfonamides is 2. The van der Waals surface area contributed by atoms with E-state index in [2.05, 4.69) is 10.2 Å². The Morgan fingerprint density at radius 2 is 1.34 bits per heavy atom. The maximum atomic E-state index is 13.0. The summed E-state index contributed by atoms with van der Waals surface area (Å²) in [6.07, 6.45) is 1.17. The standard InChI is InChI=1S/C24H32N4O5S2/c1-19-5-9-22(10-6-19)35(32,33)28-13-3-4-20(18-28)24(29)25-21-7-11-23(12-8-21)34(30,31)27-16-14-26(2)15-17-27/h5-12,20H,3-4,13-18H2,1-2H3,(H,25,29)/t20-/m0/s1. The maximum absolute atomic E-state index is 13.0. The van der Waals surface area contributed by atoms with Crippen molar-refractivity contribution in [3.05, 3.63) is 54.1 Å². The molecule has 1 atom stereocenters. The van der Waals surface area contributed by atoms with Crippen LogP contribution in [0.25, 0.3) is 0 Å². The van der Waals surface area contributed by atoms with E-state index < -0.39 is 26.0 Å². The Hall–Kier alpha value is -2.31. The zero-order chi connectivity index (χ0) is 25.2. The van der Waals surface area contributed by atoms with Crippen LogP contribution in [0.4, 0.5) is 5.69 Å². The van der Waals surface area contributed by atoms with Gasteiger partial charge in [-0.05, 0) is 63.2 Å². The molecule has 0 bridgehead atoms. The number of nitrogens with zero attached hydrogens (tertiary/aromatic N) is 3. The third-order valence-corrected chi connectivity index (χ3v) is 10.4. The number of piperidine rings is 1. The van der Waals surface area contributed by atoms with Crippen molar-refractivity contribution in [1.29, 1.82) is 0 Å². The average Bonchev–Trinajstić information content (AvgIpc) is 2.85. The van der Waals surface area contributed by atoms with Crippen LogP contribution in [0.2, 0.25) is 0 Å². The molecule has 0 aromatic heterocycles. The van der Waals surface area contributed by atoms with Crippen LogP contribution in [-0.2, 0) is 24.8 Å². The van der Waals surface area contributed by atoms with Gasteiger partial charge in [-0.25, -0.2) is 16.8 Å². The van der Waals surface area contributed by atoms with E-state index in [9.17, 15) is 21.6 Å². The van der Waals surface area contributed by atoms with Gasteiger partial charge < -0.3 is 10.2 Å². The summed E-state index contributed by atoms with van der Waals surface area (Å²) in [5.41, 5.74) is 1.45. The summed E-state index contributed by atoms with van der Waals surface area (Å²) in [6.45, 7) is 4.64. The molecule has 9 nitrogen and oxygen atoms in total. The van der Waals surface area contributed by atoms with Gasteiger partial charge in [-0.1, -0.05) is 17.7 Å². The van der Waals surface area contributed by atoms with E-state index >= 15 is 0 Å². The number of nitrogens with one attached hydrogen (secondary N) is 1. The van der Waals surface area contributed by atoms with Crippen molar-refractivity contribution in [2.75, 3.05) is 51.6 Å². The van der Waals surface area contributed by atoms with Crippen LogP contribution >= 0.6 is 0 Å². The number of piperazine rings is 1. The highest BCUT2D eigenvalue weighted by molar-refractivity contribution is 7.89. The third kappa shape index (κ3) is 5.75. The van der Waals surface area contributed by atoms with Crippen molar-refractivity contribution >= 4 is 31.6 Å². The number of rotatable bonds is 6. The molecule has 0 unspecified atom stereocenters. The van der Waals surface area contributed by atoms with Crippen LogP contribution in [-0.4, -0.2) is 82.6 Å². The molecular weight excluding hydrogens is 488 g/mol. The molecule has 4 rings (SSSR count). The molecule has 0 saturated carbocycles. The van der Waals surface area contributed by atoms with Crippen molar-refractivity contribution in [3.63, 3.8) is 0 Å². The second-order valence-electron chi connectivity index (χ2n) is 9.24. The summed E-state index contributed by atoms with van der Waals surface area (Å²) >= 11 is 0. The summed E-state index contributed by atoms with van der Waals surface area (Å²) in [5, 5.41) is 2.82. The van der Waals surface area contributed by atoms with E-state index in [1.807, 2.05) is 14.0 Å². The Bertz CT molecular complexity index is 1250. The summed E-state index contributed by atoms with van der Waals surface area (Å²) in [6, 6.07) is 12.8. The van der Waals surface area contributed by atoms with Crippen LogP contribution in [0.3, 0.4) is 0 Å². The van der Waals surface area contributed by atoms with E-state index in [-0.39, 0.29) is 22.2 Å². The molecule has 11 heteroatoms. The first-order valence-corrected chi connectivity index (χ1v) is 14.6. The second kappa shape index (κ2) is 10.4. The topological polar surface area (TPSA) is 107 Å². The van der Waals surface area contributed by atoms with E-state index in [1.165, 1.54) is 20.7 Å². The van der Waals surface area contributed by atoms with E-state index in [1.54, 1.807) is 36.4 Å². The number of amides is 1. The van der Waals surface area contributed by atoms with Crippen LogP contribution in [0.5, 0.6) is 0 Å². The predicted octanol–water partition coefficient (Wildman–Crippen LogP) is 1.97. The molecule has 35 heavy (non-hydrogen) atoms. The Morgan fingerprint density at radius 3 is 1.94 bits per heavy atom. The van der Waals surface area contributed by atoms with Gasteiger partial charge in [-0.15, -0.1) is 0 Å². The lowest BCUT2D eigenvalue weighted by Gasteiger charge is -2.31. The summed E-state index contributed by atoms with van der Waals surface area (Å²) in [7, 11) is -5.30. The molecule has 1 amide bonds. The molecule has 2 heterocycles. The number of carbonyl (C=O) groups excluding carboxylic acids is 1. The second-order valence-corrected chi connectivity index (χ2v) is 13.1. The molecule has 2 aromatic rings. The van der Waals surface area contributed by atoms with Gasteiger partial charge in [0.1, 0.15) is 0 Å². The van der Waals surface area contributed by atoms with Gasteiger partial charge in [0.15, 0.2) is 0 Å². The van der Waals surface area contributed by atoms with E-state index in [0.717, 1.165) is 5.56 Å². The minimum absolute atomic E-state index is 0.109. The molecule has 190 valence electrons. The summed E-state index contributed by atoms with van der Waals surface area (Å²) < 4.78 is 54.7. The average molecular weight is 521 g/mol. The zero-order valence-electron chi connectivity index (χ0n) is 20.1. The van der Waals surface area contributed by atoms with E-state index in [4.69, 9.17) is 0 Å². The molecule has 2 aliphatic rings. The van der Waals surface area contributed by atoms with Crippen molar-refractivity contribution in [2.45, 2.75) is 29.6 Å². The molecule has 0 aliphatic carbocycles. The number of anilines is 1. The minimum atomic E-state index is -3.68. The molecule has 0 spiro atoms. The Kier molecular flexibility index (Phi) is 7.62. The van der Waals surface area contributed by atoms with Crippen molar-refractivity contribution < 1.29 is 21.6 Å². The monoisotopic (exact) mass is 520 g/mol. The number of carbonyl (C=O) groups is 1. The number of likely N-dealkylation sites (N-methyl/N-ethyl adjacent to an activating group) is 1. The lowest BCUT2D eigenvalue weighted by molar-refractivity contribution is -0.120. The van der Waals surface area contributed by atoms with Crippen LogP contribution in [0, 0.1) is 12.8 Å². The maximum Gasteiger partial charge on any atom is 0.243 e. The minimum Gasteiger partial charge on any atom is -0.326 e. The fourth-order valence-electron chi connectivity index (χ4n) is 4.37. The first-order valence-electron chi connectivity index (χ1n) is 11.7. The molecule has 1 N–H and O–H groups in total. The van der Waals surface area contributed by atoms with Gasteiger partial charge in [0.25, 0.3) is 0 Å². The van der Waals surface area contributed by atoms with Crippen LogP contribution in [0.1, 0.15) is 18.4 Å².